The third kappa shape index (κ3) is 1.66. The van der Waals surface area contributed by atoms with E-state index in [0.29, 0.717) is 0 Å². The monoisotopic (exact) mass is 287 g/mol. The summed E-state index contributed by atoms with van der Waals surface area (Å²) in [5, 5.41) is 4.35. The van der Waals surface area contributed by atoms with Gasteiger partial charge in [0.2, 0.25) is 0 Å². The molecular weight excluding hydrogens is 278 g/mol. The maximum Gasteiger partial charge on any atom is 0.0576 e. The average molecular weight is 288 g/mol. The lowest BCUT2D eigenvalue weighted by molar-refractivity contribution is 1.48. The van der Waals surface area contributed by atoms with Gasteiger partial charge in [-0.15, -0.1) is 23.1 Å². The van der Waals surface area contributed by atoms with Gasteiger partial charge in [0.25, 0.3) is 0 Å². The van der Waals surface area contributed by atoms with Gasteiger partial charge in [0.1, 0.15) is 0 Å². The van der Waals surface area contributed by atoms with E-state index in [-0.39, 0.29) is 0 Å². The third-order valence-corrected chi connectivity index (χ3v) is 4.54. The number of alkyl halides is 1. The average Bonchev–Trinajstić information content (AvgIpc) is 2.61. The van der Waals surface area contributed by atoms with Crippen LogP contribution in [0.15, 0.2) is 22.4 Å². The molecule has 14 heavy (non-hydrogen) atoms. The Balaban J connectivity index is 2.73. The number of nitrogen functional groups attached to an aromatic ring is 1. The summed E-state index contributed by atoms with van der Waals surface area (Å²) in [6.45, 7) is 0. The first-order chi connectivity index (χ1) is 6.76. The van der Waals surface area contributed by atoms with E-state index in [0.717, 1.165) is 11.0 Å². The molecule has 0 bridgehead atoms. The van der Waals surface area contributed by atoms with Crippen LogP contribution in [-0.4, -0.2) is 6.26 Å². The van der Waals surface area contributed by atoms with E-state index in [9.17, 15) is 0 Å². The number of thioether (sulfide) groups is 1. The van der Waals surface area contributed by atoms with Crippen LogP contribution in [0.25, 0.3) is 10.1 Å². The third-order valence-electron chi connectivity index (χ3n) is 2.14. The van der Waals surface area contributed by atoms with Gasteiger partial charge >= 0.3 is 0 Å². The molecule has 0 spiro atoms. The maximum absolute atomic E-state index is 5.98. The molecule has 2 aromatic rings. The van der Waals surface area contributed by atoms with E-state index in [2.05, 4.69) is 33.6 Å². The van der Waals surface area contributed by atoms with Gasteiger partial charge in [-0.2, -0.15) is 0 Å². The molecule has 74 valence electrons. The lowest BCUT2D eigenvalue weighted by Gasteiger charge is -2.01. The highest BCUT2D eigenvalue weighted by Crippen LogP contribution is 2.35. The molecular formula is C10H10BrNS2. The summed E-state index contributed by atoms with van der Waals surface area (Å²) in [4.78, 5) is 1.23. The Kier molecular flexibility index (Phi) is 3.04. The fourth-order valence-corrected chi connectivity index (χ4v) is 3.55. The molecule has 1 nitrogen and oxygen atoms in total. The molecule has 0 atom stereocenters. The number of thiophene rings is 1. The van der Waals surface area contributed by atoms with Crippen molar-refractivity contribution in [2.24, 2.45) is 0 Å². The zero-order valence-corrected chi connectivity index (χ0v) is 10.9. The Bertz CT molecular complexity index is 464. The van der Waals surface area contributed by atoms with Crippen LogP contribution in [0.1, 0.15) is 5.56 Å². The van der Waals surface area contributed by atoms with E-state index in [1.807, 2.05) is 6.07 Å². The topological polar surface area (TPSA) is 26.0 Å². The SMILES string of the molecule is CSc1cc(N)c2scc(CBr)c2c1. The summed E-state index contributed by atoms with van der Waals surface area (Å²) in [7, 11) is 0. The van der Waals surface area contributed by atoms with Crippen molar-refractivity contribution >= 4 is 54.8 Å². The van der Waals surface area contributed by atoms with Crippen molar-refractivity contribution in [3.8, 4) is 0 Å². The Morgan fingerprint density at radius 1 is 1.50 bits per heavy atom. The van der Waals surface area contributed by atoms with Crippen molar-refractivity contribution < 1.29 is 0 Å². The number of fused-ring (bicyclic) bond motifs is 1. The lowest BCUT2D eigenvalue weighted by Crippen LogP contribution is -1.85. The van der Waals surface area contributed by atoms with Gasteiger partial charge < -0.3 is 5.73 Å². The van der Waals surface area contributed by atoms with Gasteiger partial charge in [0.05, 0.1) is 10.4 Å². The summed E-state index contributed by atoms with van der Waals surface area (Å²) in [6.07, 6.45) is 2.07. The summed E-state index contributed by atoms with van der Waals surface area (Å²) in [5.41, 5.74) is 8.20. The number of anilines is 1. The molecule has 0 saturated carbocycles. The van der Waals surface area contributed by atoms with Gasteiger partial charge in [-0.05, 0) is 34.7 Å². The number of hydrogen-bond donors (Lipinski definition) is 1. The van der Waals surface area contributed by atoms with Gasteiger partial charge in [-0.1, -0.05) is 15.9 Å². The molecule has 0 amide bonds. The van der Waals surface area contributed by atoms with Crippen molar-refractivity contribution in [3.05, 3.63) is 23.1 Å². The van der Waals surface area contributed by atoms with Gasteiger partial charge in [-0.25, -0.2) is 0 Å². The van der Waals surface area contributed by atoms with Crippen molar-refractivity contribution in [2.75, 3.05) is 12.0 Å². The molecule has 0 aliphatic heterocycles. The second kappa shape index (κ2) is 4.13. The van der Waals surface area contributed by atoms with Crippen molar-refractivity contribution in [1.82, 2.24) is 0 Å². The van der Waals surface area contributed by atoms with Crippen molar-refractivity contribution in [2.45, 2.75) is 10.2 Å². The molecule has 4 heteroatoms. The largest absolute Gasteiger partial charge is 0.398 e. The minimum atomic E-state index is 0.893. The predicted octanol–water partition coefficient (Wildman–Crippen LogP) is 4.10. The number of benzene rings is 1. The minimum Gasteiger partial charge on any atom is -0.398 e. The summed E-state index contributed by atoms with van der Waals surface area (Å²) in [6, 6.07) is 4.25. The van der Waals surface area contributed by atoms with Gasteiger partial charge in [0, 0.05) is 10.2 Å². The summed E-state index contributed by atoms with van der Waals surface area (Å²) >= 11 is 6.94. The highest BCUT2D eigenvalue weighted by Gasteiger charge is 2.07. The molecule has 2 N–H and O–H groups in total. The number of nitrogens with two attached hydrogens (primary N) is 1. The zero-order chi connectivity index (χ0) is 10.1. The van der Waals surface area contributed by atoms with E-state index < -0.39 is 0 Å². The van der Waals surface area contributed by atoms with Crippen LogP contribution >= 0.6 is 39.0 Å². The van der Waals surface area contributed by atoms with Crippen LogP contribution in [0.4, 0.5) is 5.69 Å². The van der Waals surface area contributed by atoms with Crippen LogP contribution < -0.4 is 5.73 Å². The molecule has 0 saturated heterocycles. The Hall–Kier alpha value is -0.190. The van der Waals surface area contributed by atoms with Crippen LogP contribution in [0.3, 0.4) is 0 Å². The molecule has 0 aliphatic carbocycles. The van der Waals surface area contributed by atoms with Crippen LogP contribution in [0.2, 0.25) is 0 Å². The van der Waals surface area contributed by atoms with Gasteiger partial charge in [-0.3, -0.25) is 0 Å². The van der Waals surface area contributed by atoms with Crippen LogP contribution in [-0.2, 0) is 5.33 Å². The second-order valence-corrected chi connectivity index (χ2v) is 5.31. The Labute approximate surface area is 99.8 Å². The summed E-state index contributed by atoms with van der Waals surface area (Å²) in [5.74, 6) is 0. The molecule has 1 heterocycles. The molecule has 1 aromatic heterocycles. The number of rotatable bonds is 2. The van der Waals surface area contributed by atoms with Crippen LogP contribution in [0, 0.1) is 0 Å². The summed E-state index contributed by atoms with van der Waals surface area (Å²) < 4.78 is 1.21. The van der Waals surface area contributed by atoms with E-state index in [4.69, 9.17) is 5.73 Å². The molecule has 0 aliphatic rings. The Morgan fingerprint density at radius 3 is 2.93 bits per heavy atom. The van der Waals surface area contributed by atoms with Gasteiger partial charge in [0.15, 0.2) is 0 Å². The molecule has 2 rings (SSSR count). The fourth-order valence-electron chi connectivity index (χ4n) is 1.41. The highest BCUT2D eigenvalue weighted by atomic mass is 79.9. The molecule has 0 radical (unpaired) electrons. The quantitative estimate of drug-likeness (QED) is 0.511. The standard InChI is InChI=1S/C10H10BrNS2/c1-13-7-2-8-6(4-11)5-14-10(8)9(12)3-7/h2-3,5H,4,12H2,1H3. The number of halogens is 1. The first-order valence-corrected chi connectivity index (χ1v) is 7.38. The molecule has 1 aromatic carbocycles. The molecule has 0 fully saturated rings. The Morgan fingerprint density at radius 2 is 2.29 bits per heavy atom. The second-order valence-electron chi connectivity index (χ2n) is 2.99. The zero-order valence-electron chi connectivity index (χ0n) is 7.71. The maximum atomic E-state index is 5.98. The first kappa shape index (κ1) is 10.3. The van der Waals surface area contributed by atoms with E-state index in [1.54, 1.807) is 23.1 Å². The van der Waals surface area contributed by atoms with Crippen molar-refractivity contribution in [1.29, 1.82) is 0 Å². The van der Waals surface area contributed by atoms with Crippen LogP contribution in [0.5, 0.6) is 0 Å². The first-order valence-electron chi connectivity index (χ1n) is 4.16. The fraction of sp³-hybridized carbons (Fsp3) is 0.200. The smallest absolute Gasteiger partial charge is 0.0576 e. The molecule has 0 unspecified atom stereocenters. The predicted molar refractivity (Wildman–Crippen MR) is 70.6 cm³/mol. The lowest BCUT2D eigenvalue weighted by atomic mass is 10.2. The van der Waals surface area contributed by atoms with Crippen molar-refractivity contribution in [3.63, 3.8) is 0 Å². The minimum absolute atomic E-state index is 0.893. The number of hydrogen-bond acceptors (Lipinski definition) is 3. The normalized spacial score (nSPS) is 11.0. The van der Waals surface area contributed by atoms with E-state index in [1.165, 1.54) is 20.5 Å². The van der Waals surface area contributed by atoms with E-state index >= 15 is 0 Å². The highest BCUT2D eigenvalue weighted by molar-refractivity contribution is 9.08.